The van der Waals surface area contributed by atoms with Gasteiger partial charge in [0.2, 0.25) is 0 Å². The summed E-state index contributed by atoms with van der Waals surface area (Å²) in [6.45, 7) is 1.17. The molecule has 9 heteroatoms. The van der Waals surface area contributed by atoms with E-state index < -0.39 is 5.60 Å². The first kappa shape index (κ1) is 16.2. The lowest BCUT2D eigenvalue weighted by atomic mass is 9.96. The van der Waals surface area contributed by atoms with Crippen molar-refractivity contribution in [1.82, 2.24) is 20.2 Å². The Kier molecular flexibility index (Phi) is 4.11. The van der Waals surface area contributed by atoms with Gasteiger partial charge in [-0.25, -0.2) is 4.98 Å². The van der Waals surface area contributed by atoms with Crippen molar-refractivity contribution >= 4 is 17.5 Å². The molecule has 2 aliphatic heterocycles. The van der Waals surface area contributed by atoms with E-state index in [0.717, 1.165) is 0 Å². The van der Waals surface area contributed by atoms with Crippen molar-refractivity contribution in [2.45, 2.75) is 25.0 Å². The molecule has 2 amide bonds. The molecular formula is C17H17N5O4. The topological polar surface area (TPSA) is 110 Å². The molecule has 2 aliphatic rings. The second-order valence-corrected chi connectivity index (χ2v) is 6.32. The molecule has 1 N–H and O–H groups in total. The number of carbonyl (C=O) groups excluding carboxylic acids is 2. The average molecular weight is 355 g/mol. The molecule has 4 heterocycles. The van der Waals surface area contributed by atoms with Crippen molar-refractivity contribution in [2.75, 3.05) is 13.1 Å². The van der Waals surface area contributed by atoms with E-state index in [1.54, 1.807) is 23.3 Å². The van der Waals surface area contributed by atoms with Crippen LogP contribution in [0.25, 0.3) is 0 Å². The number of oxime groups is 1. The van der Waals surface area contributed by atoms with Crippen LogP contribution in [0.5, 0.6) is 0 Å². The zero-order chi connectivity index (χ0) is 18.0. The predicted octanol–water partition coefficient (Wildman–Crippen LogP) is 0.747. The quantitative estimate of drug-likeness (QED) is 0.866. The van der Waals surface area contributed by atoms with E-state index in [1.807, 2.05) is 0 Å². The lowest BCUT2D eigenvalue weighted by molar-refractivity contribution is -0.115. The van der Waals surface area contributed by atoms with Crippen LogP contribution in [-0.4, -0.2) is 51.1 Å². The minimum Gasteiger partial charge on any atom is -0.467 e. The highest BCUT2D eigenvalue weighted by Crippen LogP contribution is 2.34. The van der Waals surface area contributed by atoms with Gasteiger partial charge in [-0.15, -0.1) is 0 Å². The highest BCUT2D eigenvalue weighted by molar-refractivity contribution is 6.39. The lowest BCUT2D eigenvalue weighted by Gasteiger charge is -2.21. The van der Waals surface area contributed by atoms with Gasteiger partial charge >= 0.3 is 0 Å². The molecule has 9 nitrogen and oxygen atoms in total. The third kappa shape index (κ3) is 3.15. The summed E-state index contributed by atoms with van der Waals surface area (Å²) < 4.78 is 5.18. The molecule has 134 valence electrons. The maximum Gasteiger partial charge on any atom is 0.274 e. The normalized spacial score (nSPS) is 21.5. The van der Waals surface area contributed by atoms with E-state index in [1.165, 1.54) is 18.6 Å². The fourth-order valence-corrected chi connectivity index (χ4v) is 3.13. The van der Waals surface area contributed by atoms with Crippen LogP contribution in [-0.2, 0) is 16.2 Å². The standard InChI is InChI=1S/C17H17N5O4/c23-15(20-9-12-2-1-7-25-12)13-8-17(26-21-13)3-6-22(11-17)16(24)14-10-18-4-5-19-14/h1-2,4-5,7,10H,3,6,8-9,11H2,(H,20,23). The Morgan fingerprint density at radius 2 is 2.27 bits per heavy atom. The number of likely N-dealkylation sites (tertiary alicyclic amines) is 1. The molecule has 4 rings (SSSR count). The second kappa shape index (κ2) is 6.58. The molecule has 1 atom stereocenters. The fourth-order valence-electron chi connectivity index (χ4n) is 3.13. The number of carbonyl (C=O) groups is 2. The maximum absolute atomic E-state index is 12.5. The summed E-state index contributed by atoms with van der Waals surface area (Å²) in [6, 6.07) is 3.54. The van der Waals surface area contributed by atoms with E-state index in [2.05, 4.69) is 20.4 Å². The molecule has 1 saturated heterocycles. The summed E-state index contributed by atoms with van der Waals surface area (Å²) in [4.78, 5) is 39.9. The number of hydrogen-bond donors (Lipinski definition) is 1. The van der Waals surface area contributed by atoms with E-state index >= 15 is 0 Å². The van der Waals surface area contributed by atoms with Crippen LogP contribution in [0.4, 0.5) is 0 Å². The highest BCUT2D eigenvalue weighted by Gasteiger charge is 2.48. The van der Waals surface area contributed by atoms with E-state index in [-0.39, 0.29) is 18.4 Å². The van der Waals surface area contributed by atoms with Crippen LogP contribution in [0.1, 0.15) is 29.1 Å². The fraction of sp³-hybridized carbons (Fsp3) is 0.353. The van der Waals surface area contributed by atoms with Gasteiger partial charge in [0.25, 0.3) is 11.8 Å². The summed E-state index contributed by atoms with van der Waals surface area (Å²) in [5.74, 6) is 0.167. The number of hydrogen-bond acceptors (Lipinski definition) is 7. The van der Waals surface area contributed by atoms with Crippen LogP contribution in [0, 0.1) is 0 Å². The number of aromatic nitrogens is 2. The summed E-state index contributed by atoms with van der Waals surface area (Å²) in [5.41, 5.74) is -0.0277. The van der Waals surface area contributed by atoms with Gasteiger partial charge in [-0.3, -0.25) is 14.6 Å². The molecule has 0 aliphatic carbocycles. The van der Waals surface area contributed by atoms with Gasteiger partial charge in [0.05, 0.1) is 25.5 Å². The van der Waals surface area contributed by atoms with Crippen molar-refractivity contribution < 1.29 is 18.8 Å². The molecule has 26 heavy (non-hydrogen) atoms. The summed E-state index contributed by atoms with van der Waals surface area (Å²) >= 11 is 0. The molecule has 0 aromatic carbocycles. The first-order chi connectivity index (χ1) is 12.7. The largest absolute Gasteiger partial charge is 0.467 e. The Bertz CT molecular complexity index is 836. The zero-order valence-electron chi connectivity index (χ0n) is 13.9. The smallest absolute Gasteiger partial charge is 0.274 e. The van der Waals surface area contributed by atoms with Crippen molar-refractivity contribution in [3.05, 3.63) is 48.4 Å². The number of nitrogens with zero attached hydrogens (tertiary/aromatic N) is 4. The average Bonchev–Trinajstić information content (AvgIpc) is 3.42. The van der Waals surface area contributed by atoms with Crippen molar-refractivity contribution in [3.8, 4) is 0 Å². The minimum absolute atomic E-state index is 0.200. The van der Waals surface area contributed by atoms with Crippen molar-refractivity contribution in [1.29, 1.82) is 0 Å². The van der Waals surface area contributed by atoms with Crippen LogP contribution >= 0.6 is 0 Å². The number of nitrogens with one attached hydrogen (secondary N) is 1. The first-order valence-electron chi connectivity index (χ1n) is 8.26. The molecule has 0 saturated carbocycles. The Morgan fingerprint density at radius 1 is 1.35 bits per heavy atom. The van der Waals surface area contributed by atoms with E-state index in [4.69, 9.17) is 9.25 Å². The predicted molar refractivity (Wildman–Crippen MR) is 89.0 cm³/mol. The Balaban J connectivity index is 1.34. The van der Waals surface area contributed by atoms with Crippen molar-refractivity contribution in [2.24, 2.45) is 5.16 Å². The SMILES string of the molecule is O=C(NCc1ccco1)C1=NOC2(CCN(C(=O)c3cnccn3)C2)C1. The van der Waals surface area contributed by atoms with E-state index in [9.17, 15) is 9.59 Å². The van der Waals surface area contributed by atoms with E-state index in [0.29, 0.717) is 43.1 Å². The molecule has 1 unspecified atom stereocenters. The Hall–Kier alpha value is -3.23. The van der Waals surface area contributed by atoms with Gasteiger partial charge in [-0.2, -0.15) is 0 Å². The van der Waals surface area contributed by atoms with Gasteiger partial charge in [-0.1, -0.05) is 5.16 Å². The molecular weight excluding hydrogens is 338 g/mol. The molecule has 1 fully saturated rings. The van der Waals surface area contributed by atoms with Crippen LogP contribution in [0.2, 0.25) is 0 Å². The molecule has 0 radical (unpaired) electrons. The lowest BCUT2D eigenvalue weighted by Crippen LogP contribution is -2.38. The third-order valence-electron chi connectivity index (χ3n) is 4.49. The maximum atomic E-state index is 12.5. The van der Waals surface area contributed by atoms with Gasteiger partial charge in [0.15, 0.2) is 5.60 Å². The van der Waals surface area contributed by atoms with Gasteiger partial charge in [0.1, 0.15) is 17.2 Å². The van der Waals surface area contributed by atoms with Gasteiger partial charge < -0.3 is 19.5 Å². The number of rotatable bonds is 4. The van der Waals surface area contributed by atoms with Gasteiger partial charge in [0, 0.05) is 31.8 Å². The van der Waals surface area contributed by atoms with Crippen LogP contribution in [0.3, 0.4) is 0 Å². The molecule has 0 bridgehead atoms. The molecule has 1 spiro atoms. The Labute approximate surface area is 149 Å². The van der Waals surface area contributed by atoms with Crippen LogP contribution in [0.15, 0.2) is 46.6 Å². The first-order valence-corrected chi connectivity index (χ1v) is 8.26. The minimum atomic E-state index is -0.644. The Morgan fingerprint density at radius 3 is 3.04 bits per heavy atom. The summed E-state index contributed by atoms with van der Waals surface area (Å²) in [7, 11) is 0. The summed E-state index contributed by atoms with van der Waals surface area (Å²) in [5, 5.41) is 6.70. The van der Waals surface area contributed by atoms with Crippen LogP contribution < -0.4 is 5.32 Å². The number of furan rings is 1. The third-order valence-corrected chi connectivity index (χ3v) is 4.49. The second-order valence-electron chi connectivity index (χ2n) is 6.32. The zero-order valence-corrected chi connectivity index (χ0v) is 13.9. The highest BCUT2D eigenvalue weighted by atomic mass is 16.7. The molecule has 2 aromatic heterocycles. The number of amides is 2. The molecule has 2 aromatic rings. The van der Waals surface area contributed by atoms with Gasteiger partial charge in [-0.05, 0) is 12.1 Å². The monoisotopic (exact) mass is 355 g/mol. The summed E-state index contributed by atoms with van der Waals surface area (Å²) in [6.07, 6.45) is 6.96. The van der Waals surface area contributed by atoms with Crippen molar-refractivity contribution in [3.63, 3.8) is 0 Å².